The molecule has 3 heterocycles. The van der Waals surface area contributed by atoms with Gasteiger partial charge in [0.15, 0.2) is 0 Å². The molecule has 0 aliphatic carbocycles. The average Bonchev–Trinajstić information content (AvgIpc) is 3.21. The summed E-state index contributed by atoms with van der Waals surface area (Å²) in [6.45, 7) is 1.74. The van der Waals surface area contributed by atoms with Crippen molar-refractivity contribution in [1.29, 1.82) is 0 Å². The lowest BCUT2D eigenvalue weighted by atomic mass is 9.93. The van der Waals surface area contributed by atoms with Gasteiger partial charge in [0.2, 0.25) is 17.7 Å². The number of piperidine rings is 1. The van der Waals surface area contributed by atoms with E-state index in [9.17, 15) is 24.3 Å². The van der Waals surface area contributed by atoms with Crippen molar-refractivity contribution in [2.24, 2.45) is 5.92 Å². The molecule has 3 atom stereocenters. The van der Waals surface area contributed by atoms with Crippen LogP contribution in [0.4, 0.5) is 4.79 Å². The molecule has 1 aromatic carbocycles. The van der Waals surface area contributed by atoms with E-state index < -0.39 is 12.1 Å². The van der Waals surface area contributed by atoms with Gasteiger partial charge in [0, 0.05) is 50.1 Å². The van der Waals surface area contributed by atoms with Gasteiger partial charge in [-0.25, -0.2) is 4.79 Å². The van der Waals surface area contributed by atoms with E-state index in [4.69, 9.17) is 11.6 Å². The number of likely N-dealkylation sites (tertiary alicyclic amines) is 2. The van der Waals surface area contributed by atoms with Crippen LogP contribution in [0.1, 0.15) is 30.7 Å². The molecule has 0 spiro atoms. The average molecular weight is 463 g/mol. The smallest absolute Gasteiger partial charge is 0.407 e. The van der Waals surface area contributed by atoms with Gasteiger partial charge in [-0.15, -0.1) is 0 Å². The Morgan fingerprint density at radius 3 is 2.25 bits per heavy atom. The SMILES string of the molecule is CN(C(=O)O)[C@@H]1CN(C(=O)C2CCN(C(=O)[C@@H]3CC(=O)N3)CC2)C[C@H]1c1ccc(Cl)cc1. The number of benzene rings is 1. The van der Waals surface area contributed by atoms with Crippen molar-refractivity contribution < 1.29 is 24.3 Å². The van der Waals surface area contributed by atoms with Gasteiger partial charge in [0.05, 0.1) is 12.5 Å². The first-order valence-corrected chi connectivity index (χ1v) is 11.2. The standard InChI is InChI=1S/C22H27ClN4O5/c1-25(22(31)32)18-12-27(11-16(18)13-2-4-15(23)5-3-13)20(29)14-6-8-26(9-7-14)21(30)17-10-19(28)24-17/h2-5,14,16-18H,6-12H2,1H3,(H,24,28)(H,31,32)/t16-,17-,18+/m0/s1. The molecule has 1 aromatic rings. The Balaban J connectivity index is 1.40. The van der Waals surface area contributed by atoms with Crippen molar-refractivity contribution >= 4 is 35.4 Å². The van der Waals surface area contributed by atoms with Crippen LogP contribution in [0.15, 0.2) is 24.3 Å². The molecule has 3 aliphatic rings. The molecule has 4 rings (SSSR count). The molecular formula is C22H27ClN4O5. The molecule has 32 heavy (non-hydrogen) atoms. The van der Waals surface area contributed by atoms with Gasteiger partial charge in [-0.3, -0.25) is 14.4 Å². The maximum absolute atomic E-state index is 13.3. The molecule has 172 valence electrons. The minimum atomic E-state index is -1.03. The van der Waals surface area contributed by atoms with E-state index in [-0.39, 0.29) is 42.0 Å². The zero-order chi connectivity index (χ0) is 23.0. The summed E-state index contributed by atoms with van der Waals surface area (Å²) in [6.07, 6.45) is 0.327. The second-order valence-corrected chi connectivity index (χ2v) is 9.22. The molecule has 3 aliphatic heterocycles. The summed E-state index contributed by atoms with van der Waals surface area (Å²) in [7, 11) is 1.53. The van der Waals surface area contributed by atoms with Gasteiger partial charge < -0.3 is 25.1 Å². The highest BCUT2D eigenvalue weighted by atomic mass is 35.5. The quantitative estimate of drug-likeness (QED) is 0.657. The summed E-state index contributed by atoms with van der Waals surface area (Å²) in [5, 5.41) is 12.7. The fourth-order valence-electron chi connectivity index (χ4n) is 4.87. The van der Waals surface area contributed by atoms with Crippen LogP contribution in [-0.4, -0.2) is 88.9 Å². The molecule has 9 nitrogen and oxygen atoms in total. The van der Waals surface area contributed by atoms with Gasteiger partial charge in [0.1, 0.15) is 6.04 Å². The monoisotopic (exact) mass is 462 g/mol. The summed E-state index contributed by atoms with van der Waals surface area (Å²) in [5.41, 5.74) is 0.950. The molecule has 2 N–H and O–H groups in total. The van der Waals surface area contributed by atoms with Gasteiger partial charge in [-0.2, -0.15) is 0 Å². The van der Waals surface area contributed by atoms with Crippen LogP contribution in [0.5, 0.6) is 0 Å². The molecule has 10 heteroatoms. The van der Waals surface area contributed by atoms with Gasteiger partial charge in [-0.05, 0) is 30.5 Å². The van der Waals surface area contributed by atoms with E-state index in [1.165, 1.54) is 11.9 Å². The number of hydrogen-bond donors (Lipinski definition) is 2. The van der Waals surface area contributed by atoms with E-state index in [0.29, 0.717) is 44.0 Å². The van der Waals surface area contributed by atoms with Crippen LogP contribution in [0.25, 0.3) is 0 Å². The Kier molecular flexibility index (Phi) is 6.28. The number of β-lactam (4-membered cyclic amide) rings is 1. The van der Waals surface area contributed by atoms with E-state index >= 15 is 0 Å². The summed E-state index contributed by atoms with van der Waals surface area (Å²) >= 11 is 6.00. The van der Waals surface area contributed by atoms with Crippen molar-refractivity contribution in [2.75, 3.05) is 33.2 Å². The lowest BCUT2D eigenvalue weighted by Gasteiger charge is -2.37. The molecule has 3 saturated heterocycles. The second kappa shape index (κ2) is 8.97. The number of halogens is 1. The normalized spacial score (nSPS) is 25.8. The van der Waals surface area contributed by atoms with Crippen molar-refractivity contribution in [3.05, 3.63) is 34.9 Å². The number of rotatable bonds is 4. The molecule has 0 aromatic heterocycles. The topological polar surface area (TPSA) is 110 Å². The second-order valence-electron chi connectivity index (χ2n) is 8.79. The molecule has 0 unspecified atom stereocenters. The third-order valence-electron chi connectivity index (χ3n) is 6.88. The van der Waals surface area contributed by atoms with E-state index in [0.717, 1.165) is 5.56 Å². The highest BCUT2D eigenvalue weighted by Crippen LogP contribution is 2.33. The highest BCUT2D eigenvalue weighted by molar-refractivity contribution is 6.30. The zero-order valence-corrected chi connectivity index (χ0v) is 18.6. The molecule has 0 saturated carbocycles. The minimum absolute atomic E-state index is 0.00861. The summed E-state index contributed by atoms with van der Waals surface area (Å²) in [6, 6.07) is 6.54. The minimum Gasteiger partial charge on any atom is -0.465 e. The van der Waals surface area contributed by atoms with Crippen LogP contribution in [0, 0.1) is 5.92 Å². The van der Waals surface area contributed by atoms with E-state index in [1.54, 1.807) is 21.9 Å². The van der Waals surface area contributed by atoms with Crippen molar-refractivity contribution in [3.63, 3.8) is 0 Å². The number of hydrogen-bond acceptors (Lipinski definition) is 4. The number of carboxylic acid groups (broad SMARTS) is 1. The molecule has 4 amide bonds. The Labute approximate surface area is 191 Å². The van der Waals surface area contributed by atoms with E-state index in [1.807, 2.05) is 12.1 Å². The van der Waals surface area contributed by atoms with Crippen molar-refractivity contribution in [2.45, 2.75) is 37.3 Å². The third kappa shape index (κ3) is 4.39. The number of carbonyl (C=O) groups excluding carboxylic acids is 3. The number of carbonyl (C=O) groups is 4. The van der Waals surface area contributed by atoms with Gasteiger partial charge >= 0.3 is 6.09 Å². The Bertz CT molecular complexity index is 907. The first-order chi connectivity index (χ1) is 15.2. The third-order valence-corrected chi connectivity index (χ3v) is 7.13. The lowest BCUT2D eigenvalue weighted by molar-refractivity contribution is -0.146. The number of likely N-dealkylation sites (N-methyl/N-ethyl adjacent to an activating group) is 1. The number of nitrogens with one attached hydrogen (secondary N) is 1. The highest BCUT2D eigenvalue weighted by Gasteiger charge is 2.43. The summed E-state index contributed by atoms with van der Waals surface area (Å²) < 4.78 is 0. The Morgan fingerprint density at radius 2 is 1.69 bits per heavy atom. The first kappa shape index (κ1) is 22.4. The predicted octanol–water partition coefficient (Wildman–Crippen LogP) is 1.37. The Hall–Kier alpha value is -2.81. The fourth-order valence-corrected chi connectivity index (χ4v) is 5.00. The van der Waals surface area contributed by atoms with Gasteiger partial charge in [-0.1, -0.05) is 23.7 Å². The predicted molar refractivity (Wildman–Crippen MR) is 116 cm³/mol. The first-order valence-electron chi connectivity index (χ1n) is 10.8. The van der Waals surface area contributed by atoms with Crippen LogP contribution in [-0.2, 0) is 14.4 Å². The molecular weight excluding hydrogens is 436 g/mol. The largest absolute Gasteiger partial charge is 0.465 e. The zero-order valence-electron chi connectivity index (χ0n) is 17.9. The number of amides is 4. The summed E-state index contributed by atoms with van der Waals surface area (Å²) in [4.78, 5) is 53.1. The van der Waals surface area contributed by atoms with Crippen LogP contribution >= 0.6 is 11.6 Å². The van der Waals surface area contributed by atoms with Crippen LogP contribution in [0.2, 0.25) is 5.02 Å². The van der Waals surface area contributed by atoms with Crippen molar-refractivity contribution in [3.8, 4) is 0 Å². The molecule has 0 bridgehead atoms. The molecule has 3 fully saturated rings. The lowest BCUT2D eigenvalue weighted by Crippen LogP contribution is -2.59. The van der Waals surface area contributed by atoms with E-state index in [2.05, 4.69) is 5.32 Å². The van der Waals surface area contributed by atoms with Crippen LogP contribution in [0.3, 0.4) is 0 Å². The number of nitrogens with zero attached hydrogens (tertiary/aromatic N) is 3. The maximum atomic E-state index is 13.3. The Morgan fingerprint density at radius 1 is 1.06 bits per heavy atom. The fraction of sp³-hybridized carbons (Fsp3) is 0.545. The van der Waals surface area contributed by atoms with Crippen LogP contribution < -0.4 is 5.32 Å². The molecule has 0 radical (unpaired) electrons. The van der Waals surface area contributed by atoms with Crippen molar-refractivity contribution in [1.82, 2.24) is 20.0 Å². The summed E-state index contributed by atoms with van der Waals surface area (Å²) in [5.74, 6) is -0.522. The maximum Gasteiger partial charge on any atom is 0.407 e. The van der Waals surface area contributed by atoms with Gasteiger partial charge in [0.25, 0.3) is 0 Å².